The van der Waals surface area contributed by atoms with Gasteiger partial charge >= 0.3 is 0 Å². The van der Waals surface area contributed by atoms with E-state index < -0.39 is 0 Å². The Balaban J connectivity index is 2.15. The van der Waals surface area contributed by atoms with Crippen molar-refractivity contribution >= 4 is 16.6 Å². The molecule has 0 bridgehead atoms. The molecule has 0 aliphatic rings. The molecule has 0 aliphatic heterocycles. The van der Waals surface area contributed by atoms with E-state index in [-0.39, 0.29) is 11.0 Å². The van der Waals surface area contributed by atoms with E-state index in [2.05, 4.69) is 15.3 Å². The normalized spacial score (nSPS) is 12.0. The topological polar surface area (TPSA) is 93.8 Å². The molecule has 130 valence electrons. The molecule has 0 atom stereocenters. The number of hydrogen-bond acceptors (Lipinski definition) is 5. The summed E-state index contributed by atoms with van der Waals surface area (Å²) in [6.07, 6.45) is 3.70. The quantitative estimate of drug-likeness (QED) is 0.525. The average molecular weight is 347 g/mol. The molecule has 8 heteroatoms. The molecule has 0 spiro atoms. The van der Waals surface area contributed by atoms with Crippen molar-refractivity contribution in [3.05, 3.63) is 46.6 Å². The van der Waals surface area contributed by atoms with Crippen LogP contribution in [-0.4, -0.2) is 28.9 Å². The van der Waals surface area contributed by atoms with Crippen LogP contribution in [0.4, 0.5) is 0 Å². The summed E-state index contributed by atoms with van der Waals surface area (Å²) in [5, 5.41) is 18.1. The van der Waals surface area contributed by atoms with Crippen LogP contribution >= 0.6 is 0 Å². The summed E-state index contributed by atoms with van der Waals surface area (Å²) in [5.74, 6) is 0. The fourth-order valence-electron chi connectivity index (χ4n) is 3.33. The molecule has 0 N–H and O–H groups in total. The minimum atomic E-state index is -0.375. The Bertz CT molecular complexity index is 1260. The molecule has 0 radical (unpaired) electrons. The number of aromatic nitrogens is 6. The van der Waals surface area contributed by atoms with Gasteiger partial charge in [0.05, 0.1) is 16.6 Å². The molecule has 0 saturated heterocycles. The highest BCUT2D eigenvalue weighted by molar-refractivity contribution is 5.85. The van der Waals surface area contributed by atoms with Gasteiger partial charge in [-0.3, -0.25) is 13.8 Å². The number of aryl methyl sites for hydroxylation is 1. The molecular weight excluding hydrogens is 330 g/mol. The van der Waals surface area contributed by atoms with Crippen molar-refractivity contribution in [1.29, 1.82) is 5.26 Å². The van der Waals surface area contributed by atoms with E-state index in [9.17, 15) is 10.1 Å². The van der Waals surface area contributed by atoms with E-state index in [4.69, 9.17) is 0 Å². The predicted octanol–water partition coefficient (Wildman–Crippen LogP) is 2.07. The molecule has 3 aromatic heterocycles. The lowest BCUT2D eigenvalue weighted by Gasteiger charge is -2.18. The standard InChI is InChI=1S/C18H17N7O/c1-18(2,3)15-13(21-22-25(15)9-19)14-16-23(4)17(26)11-7-5-6-8-12(11)24(16)10-20-14/h5-8,10H,1-4H3. The first kappa shape index (κ1) is 16.0. The third-order valence-electron chi connectivity index (χ3n) is 4.46. The van der Waals surface area contributed by atoms with E-state index >= 15 is 0 Å². The van der Waals surface area contributed by atoms with E-state index in [1.165, 1.54) is 4.68 Å². The summed E-state index contributed by atoms with van der Waals surface area (Å²) in [6.45, 7) is 5.95. The number of hydrogen-bond donors (Lipinski definition) is 0. The third kappa shape index (κ3) is 2.07. The molecule has 1 aromatic carbocycles. The Kier molecular flexibility index (Phi) is 3.24. The van der Waals surface area contributed by atoms with Gasteiger partial charge in [0.1, 0.15) is 23.4 Å². The van der Waals surface area contributed by atoms with E-state index in [0.717, 1.165) is 5.52 Å². The molecule has 3 heterocycles. The number of fused-ring (bicyclic) bond motifs is 3. The molecule has 26 heavy (non-hydrogen) atoms. The minimum absolute atomic E-state index is 0.111. The highest BCUT2D eigenvalue weighted by atomic mass is 16.1. The van der Waals surface area contributed by atoms with Gasteiger partial charge in [0, 0.05) is 12.5 Å². The lowest BCUT2D eigenvalue weighted by atomic mass is 9.89. The molecule has 0 amide bonds. The van der Waals surface area contributed by atoms with Crippen molar-refractivity contribution in [2.75, 3.05) is 0 Å². The highest BCUT2D eigenvalue weighted by Gasteiger charge is 2.29. The second kappa shape index (κ2) is 5.26. The molecule has 0 saturated carbocycles. The number of nitriles is 1. The first-order valence-corrected chi connectivity index (χ1v) is 8.16. The molecule has 0 aliphatic carbocycles. The van der Waals surface area contributed by atoms with Crippen LogP contribution in [0.1, 0.15) is 26.5 Å². The maximum Gasteiger partial charge on any atom is 0.261 e. The molecule has 0 unspecified atom stereocenters. The second-order valence-corrected chi connectivity index (χ2v) is 7.22. The predicted molar refractivity (Wildman–Crippen MR) is 96.7 cm³/mol. The van der Waals surface area contributed by atoms with Crippen LogP contribution in [0.2, 0.25) is 0 Å². The van der Waals surface area contributed by atoms with Crippen LogP contribution in [0.3, 0.4) is 0 Å². The van der Waals surface area contributed by atoms with Crippen LogP contribution in [-0.2, 0) is 12.5 Å². The zero-order valence-electron chi connectivity index (χ0n) is 14.9. The number of rotatable bonds is 1. The third-order valence-corrected chi connectivity index (χ3v) is 4.46. The maximum atomic E-state index is 12.8. The highest BCUT2D eigenvalue weighted by Crippen LogP contribution is 2.32. The second-order valence-electron chi connectivity index (χ2n) is 7.22. The zero-order chi connectivity index (χ0) is 18.6. The Morgan fingerprint density at radius 1 is 1.15 bits per heavy atom. The number of para-hydroxylation sites is 1. The van der Waals surface area contributed by atoms with Crippen molar-refractivity contribution in [3.63, 3.8) is 0 Å². The Hall–Kier alpha value is -3.47. The van der Waals surface area contributed by atoms with Crippen molar-refractivity contribution in [2.45, 2.75) is 26.2 Å². The van der Waals surface area contributed by atoms with Gasteiger partial charge in [-0.05, 0) is 12.1 Å². The number of imidazole rings is 1. The van der Waals surface area contributed by atoms with Crippen LogP contribution in [0.25, 0.3) is 27.9 Å². The van der Waals surface area contributed by atoms with Gasteiger partial charge in [-0.25, -0.2) is 4.98 Å². The fourth-order valence-corrected chi connectivity index (χ4v) is 3.33. The van der Waals surface area contributed by atoms with Crippen LogP contribution in [0.5, 0.6) is 0 Å². The van der Waals surface area contributed by atoms with Crippen LogP contribution in [0, 0.1) is 11.5 Å². The van der Waals surface area contributed by atoms with Crippen LogP contribution in [0.15, 0.2) is 35.4 Å². The summed E-state index contributed by atoms with van der Waals surface area (Å²) in [4.78, 5) is 17.3. The smallest absolute Gasteiger partial charge is 0.261 e. The first-order chi connectivity index (χ1) is 12.3. The first-order valence-electron chi connectivity index (χ1n) is 8.16. The summed E-state index contributed by atoms with van der Waals surface area (Å²) in [5.41, 5.74) is 2.59. The van der Waals surface area contributed by atoms with Crippen molar-refractivity contribution < 1.29 is 0 Å². The number of nitrogens with zero attached hydrogens (tertiary/aromatic N) is 7. The van der Waals surface area contributed by atoms with Gasteiger partial charge in [-0.1, -0.05) is 38.1 Å². The Labute approximate surface area is 148 Å². The van der Waals surface area contributed by atoms with E-state index in [1.807, 2.05) is 49.6 Å². The molecule has 8 nitrogen and oxygen atoms in total. The van der Waals surface area contributed by atoms with Gasteiger partial charge < -0.3 is 0 Å². The van der Waals surface area contributed by atoms with Crippen molar-refractivity contribution in [1.82, 2.24) is 28.9 Å². The fraction of sp³-hybridized carbons (Fsp3) is 0.278. The lowest BCUT2D eigenvalue weighted by Crippen LogP contribution is -2.20. The van der Waals surface area contributed by atoms with E-state index in [1.54, 1.807) is 24.0 Å². The summed E-state index contributed by atoms with van der Waals surface area (Å²) < 4.78 is 4.63. The Morgan fingerprint density at radius 3 is 2.58 bits per heavy atom. The Morgan fingerprint density at radius 2 is 1.88 bits per heavy atom. The maximum absolute atomic E-state index is 12.8. The van der Waals surface area contributed by atoms with Gasteiger partial charge in [0.15, 0.2) is 0 Å². The van der Waals surface area contributed by atoms with Gasteiger partial charge in [-0.2, -0.15) is 5.26 Å². The molecule has 4 rings (SSSR count). The molecule has 0 fully saturated rings. The molecular formula is C18H17N7O. The monoisotopic (exact) mass is 347 g/mol. The molecule has 4 aromatic rings. The number of benzene rings is 1. The van der Waals surface area contributed by atoms with Gasteiger partial charge in [0.2, 0.25) is 6.19 Å². The lowest BCUT2D eigenvalue weighted by molar-refractivity contribution is 0.546. The minimum Gasteiger partial charge on any atom is -0.295 e. The van der Waals surface area contributed by atoms with Gasteiger partial charge in [-0.15, -0.1) is 9.78 Å². The van der Waals surface area contributed by atoms with E-state index in [0.29, 0.717) is 28.1 Å². The van der Waals surface area contributed by atoms with Crippen molar-refractivity contribution in [2.24, 2.45) is 7.05 Å². The average Bonchev–Trinajstić information content (AvgIpc) is 3.23. The van der Waals surface area contributed by atoms with Gasteiger partial charge in [0.25, 0.3) is 5.56 Å². The summed E-state index contributed by atoms with van der Waals surface area (Å²) >= 11 is 0. The van der Waals surface area contributed by atoms with Crippen molar-refractivity contribution in [3.8, 4) is 17.6 Å². The largest absolute Gasteiger partial charge is 0.295 e. The summed E-state index contributed by atoms with van der Waals surface area (Å²) in [7, 11) is 1.71. The summed E-state index contributed by atoms with van der Waals surface area (Å²) in [6, 6.07) is 7.40. The zero-order valence-corrected chi connectivity index (χ0v) is 14.9. The SMILES string of the molecule is Cn1c(=O)c2ccccc2n2cnc(-c3nnn(C#N)c3C(C)(C)C)c12. The van der Waals surface area contributed by atoms with Crippen LogP contribution < -0.4 is 5.56 Å².